The molecule has 0 aliphatic carbocycles. The van der Waals surface area contributed by atoms with Crippen LogP contribution in [0.3, 0.4) is 0 Å². The summed E-state index contributed by atoms with van der Waals surface area (Å²) >= 11 is 12.0. The van der Waals surface area contributed by atoms with E-state index in [0.717, 1.165) is 0 Å². The molecule has 1 aromatic carbocycles. The van der Waals surface area contributed by atoms with E-state index in [4.69, 9.17) is 28.9 Å². The Morgan fingerprint density at radius 3 is 2.76 bits per heavy atom. The van der Waals surface area contributed by atoms with Crippen molar-refractivity contribution in [3.8, 4) is 5.95 Å². The second kappa shape index (κ2) is 5.51. The van der Waals surface area contributed by atoms with Gasteiger partial charge in [0.15, 0.2) is 0 Å². The van der Waals surface area contributed by atoms with E-state index in [1.54, 1.807) is 18.2 Å². The lowest BCUT2D eigenvalue weighted by Crippen LogP contribution is -2.09. The monoisotopic (exact) mass is 322 g/mol. The van der Waals surface area contributed by atoms with E-state index in [0.29, 0.717) is 15.7 Å². The van der Waals surface area contributed by atoms with Gasteiger partial charge in [-0.15, -0.1) is 0 Å². The maximum Gasteiger partial charge on any atom is 0.258 e. The van der Waals surface area contributed by atoms with Crippen LogP contribution in [0.4, 0.5) is 17.6 Å². The van der Waals surface area contributed by atoms with E-state index in [1.165, 1.54) is 17.3 Å². The minimum Gasteiger partial charge on any atom is -0.368 e. The summed E-state index contributed by atoms with van der Waals surface area (Å²) in [7, 11) is 0. The van der Waals surface area contributed by atoms with Crippen LogP contribution in [0.15, 0.2) is 30.9 Å². The van der Waals surface area contributed by atoms with Crippen molar-refractivity contribution in [2.75, 3.05) is 11.1 Å². The van der Waals surface area contributed by atoms with E-state index in [9.17, 15) is 0 Å². The van der Waals surface area contributed by atoms with Crippen molar-refractivity contribution in [1.29, 1.82) is 0 Å². The number of halogens is 2. The minimum atomic E-state index is 0.0381. The van der Waals surface area contributed by atoms with Crippen LogP contribution in [-0.2, 0) is 0 Å². The topological polar surface area (TPSA) is 107 Å². The molecule has 0 saturated carbocycles. The molecule has 0 radical (unpaired) electrons. The van der Waals surface area contributed by atoms with Crippen molar-refractivity contribution in [2.24, 2.45) is 0 Å². The molecule has 8 nitrogen and oxygen atoms in total. The second-order valence-corrected chi connectivity index (χ2v) is 4.67. The predicted octanol–water partition coefficient (Wildman–Crippen LogP) is 2.08. The fourth-order valence-electron chi connectivity index (χ4n) is 1.57. The number of nitrogens with one attached hydrogen (secondary N) is 1. The molecule has 3 rings (SSSR count). The molecule has 0 spiro atoms. The van der Waals surface area contributed by atoms with Gasteiger partial charge in [-0.25, -0.2) is 4.98 Å². The molecule has 0 unspecified atom stereocenters. The molecular weight excluding hydrogens is 315 g/mol. The fraction of sp³-hybridized carbons (Fsp3) is 0. The lowest BCUT2D eigenvalue weighted by Gasteiger charge is -2.09. The summed E-state index contributed by atoms with van der Waals surface area (Å²) in [4.78, 5) is 16.0. The number of benzene rings is 1. The number of nitrogens with two attached hydrogens (primary N) is 1. The highest BCUT2D eigenvalue weighted by molar-refractivity contribution is 6.43. The molecule has 0 fully saturated rings. The van der Waals surface area contributed by atoms with Gasteiger partial charge in [-0.1, -0.05) is 29.3 Å². The van der Waals surface area contributed by atoms with Crippen LogP contribution in [0.2, 0.25) is 10.0 Å². The van der Waals surface area contributed by atoms with Gasteiger partial charge in [-0.05, 0) is 12.1 Å². The first-order valence-electron chi connectivity index (χ1n) is 5.71. The van der Waals surface area contributed by atoms with Crippen molar-refractivity contribution in [3.05, 3.63) is 40.9 Å². The van der Waals surface area contributed by atoms with Crippen LogP contribution in [0.25, 0.3) is 5.95 Å². The van der Waals surface area contributed by atoms with Gasteiger partial charge in [0.25, 0.3) is 5.95 Å². The van der Waals surface area contributed by atoms with Gasteiger partial charge < -0.3 is 11.1 Å². The maximum atomic E-state index is 6.10. The number of hydrogen-bond donors (Lipinski definition) is 2. The average Bonchev–Trinajstić information content (AvgIpc) is 2.97. The van der Waals surface area contributed by atoms with Crippen LogP contribution in [-0.4, -0.2) is 29.7 Å². The van der Waals surface area contributed by atoms with Crippen LogP contribution >= 0.6 is 23.2 Å². The molecule has 0 amide bonds. The van der Waals surface area contributed by atoms with Gasteiger partial charge in [0.05, 0.1) is 15.7 Å². The number of aromatic nitrogens is 6. The third kappa shape index (κ3) is 2.86. The first kappa shape index (κ1) is 13.5. The number of hydrogen-bond acceptors (Lipinski definition) is 7. The van der Waals surface area contributed by atoms with Crippen LogP contribution in [0, 0.1) is 0 Å². The molecule has 2 aromatic heterocycles. The molecule has 106 valence electrons. The Bertz CT molecular complexity index is 774. The quantitative estimate of drug-likeness (QED) is 0.760. The zero-order valence-electron chi connectivity index (χ0n) is 10.4. The van der Waals surface area contributed by atoms with Crippen molar-refractivity contribution >= 4 is 40.8 Å². The highest BCUT2D eigenvalue weighted by Crippen LogP contribution is 2.31. The normalized spacial score (nSPS) is 10.6. The lowest BCUT2D eigenvalue weighted by molar-refractivity contribution is 0.800. The largest absolute Gasteiger partial charge is 0.368 e. The number of rotatable bonds is 3. The molecule has 0 bridgehead atoms. The van der Waals surface area contributed by atoms with Gasteiger partial charge >= 0.3 is 0 Å². The van der Waals surface area contributed by atoms with Crippen molar-refractivity contribution in [2.45, 2.75) is 0 Å². The molecule has 0 aliphatic heterocycles. The van der Waals surface area contributed by atoms with Gasteiger partial charge in [-0.3, -0.25) is 0 Å². The first-order valence-corrected chi connectivity index (χ1v) is 6.46. The number of nitrogen functional groups attached to an aromatic ring is 1. The van der Waals surface area contributed by atoms with Gasteiger partial charge in [0.1, 0.15) is 12.7 Å². The summed E-state index contributed by atoms with van der Waals surface area (Å²) in [5.41, 5.74) is 6.22. The Morgan fingerprint density at radius 2 is 2.00 bits per heavy atom. The Morgan fingerprint density at radius 1 is 1.14 bits per heavy atom. The van der Waals surface area contributed by atoms with Crippen molar-refractivity contribution < 1.29 is 0 Å². The molecule has 0 aliphatic rings. The van der Waals surface area contributed by atoms with Gasteiger partial charge in [-0.2, -0.15) is 24.7 Å². The second-order valence-electron chi connectivity index (χ2n) is 3.88. The Kier molecular flexibility index (Phi) is 3.55. The SMILES string of the molecule is Nc1nc(Nc2cccc(Cl)c2Cl)nc(-n2cncn2)n1. The highest BCUT2D eigenvalue weighted by Gasteiger charge is 2.10. The fourth-order valence-corrected chi connectivity index (χ4v) is 1.92. The molecule has 10 heteroatoms. The molecule has 2 heterocycles. The smallest absolute Gasteiger partial charge is 0.258 e. The summed E-state index contributed by atoms with van der Waals surface area (Å²) in [5, 5.41) is 7.64. The number of anilines is 3. The van der Waals surface area contributed by atoms with Crippen LogP contribution in [0.1, 0.15) is 0 Å². The van der Waals surface area contributed by atoms with E-state index < -0.39 is 0 Å². The lowest BCUT2D eigenvalue weighted by atomic mass is 10.3. The Balaban J connectivity index is 1.98. The summed E-state index contributed by atoms with van der Waals surface area (Å²) in [6, 6.07) is 5.17. The predicted molar refractivity (Wildman–Crippen MR) is 78.9 cm³/mol. The third-order valence-corrected chi connectivity index (χ3v) is 3.28. The summed E-state index contributed by atoms with van der Waals surface area (Å²) in [5.74, 6) is 0.494. The van der Waals surface area contributed by atoms with Crippen molar-refractivity contribution in [1.82, 2.24) is 29.7 Å². The van der Waals surface area contributed by atoms with Gasteiger partial charge in [0.2, 0.25) is 11.9 Å². The van der Waals surface area contributed by atoms with E-state index in [1.807, 2.05) is 0 Å². The van der Waals surface area contributed by atoms with Crippen LogP contribution in [0.5, 0.6) is 0 Å². The molecule has 0 atom stereocenters. The average molecular weight is 323 g/mol. The Labute approximate surface area is 129 Å². The summed E-state index contributed by atoms with van der Waals surface area (Å²) < 4.78 is 1.36. The molecular formula is C11H8Cl2N8. The zero-order chi connectivity index (χ0) is 14.8. The molecule has 3 aromatic rings. The highest BCUT2D eigenvalue weighted by atomic mass is 35.5. The molecule has 3 N–H and O–H groups in total. The van der Waals surface area contributed by atoms with Crippen LogP contribution < -0.4 is 11.1 Å². The van der Waals surface area contributed by atoms with Gasteiger partial charge in [0, 0.05) is 0 Å². The Hall–Kier alpha value is -2.45. The summed E-state index contributed by atoms with van der Waals surface area (Å²) in [6.07, 6.45) is 2.81. The minimum absolute atomic E-state index is 0.0381. The van der Waals surface area contributed by atoms with Crippen molar-refractivity contribution in [3.63, 3.8) is 0 Å². The van der Waals surface area contributed by atoms with E-state index in [-0.39, 0.29) is 17.8 Å². The maximum absolute atomic E-state index is 6.10. The zero-order valence-corrected chi connectivity index (χ0v) is 11.9. The van der Waals surface area contributed by atoms with E-state index >= 15 is 0 Å². The molecule has 0 saturated heterocycles. The number of nitrogens with zero attached hydrogens (tertiary/aromatic N) is 6. The molecule has 21 heavy (non-hydrogen) atoms. The summed E-state index contributed by atoms with van der Waals surface area (Å²) in [6.45, 7) is 0. The third-order valence-electron chi connectivity index (χ3n) is 2.46. The van der Waals surface area contributed by atoms with E-state index in [2.05, 4.69) is 30.4 Å². The first-order chi connectivity index (χ1) is 10.1. The standard InChI is InChI=1S/C11H8Cl2N8/c12-6-2-1-3-7(8(6)13)17-10-18-9(14)19-11(20-10)21-5-15-4-16-21/h1-5H,(H3,14,17,18,19,20).